The largest absolute Gasteiger partial charge is 0.308 e. The average Bonchev–Trinajstić information content (AvgIpc) is 3.17. The van der Waals surface area contributed by atoms with Gasteiger partial charge in [-0.1, -0.05) is 43.7 Å². The smallest absolute Gasteiger partial charge is 0.258 e. The number of para-hydroxylation sites is 1. The third-order valence-electron chi connectivity index (χ3n) is 4.10. The number of hydrogen-bond acceptors (Lipinski definition) is 3. The number of unbranched alkanes of at least 4 members (excludes halogenated alkanes) is 1. The van der Waals surface area contributed by atoms with Crippen LogP contribution < -0.4 is 4.90 Å². The summed E-state index contributed by atoms with van der Waals surface area (Å²) in [6, 6.07) is 18.2. The van der Waals surface area contributed by atoms with E-state index in [1.165, 1.54) is 17.1 Å². The Kier molecular flexibility index (Phi) is 6.27. The SMILES string of the molecule is CCCCN(C(=O)c1ccc(C2SCCS2)cc1)c1ccccc1. The summed E-state index contributed by atoms with van der Waals surface area (Å²) >= 11 is 3.98. The Labute approximate surface area is 153 Å². The van der Waals surface area contributed by atoms with E-state index in [1.807, 2.05) is 70.9 Å². The number of carbonyl (C=O) groups excluding carboxylic acids is 1. The first kappa shape index (κ1) is 17.4. The average molecular weight is 358 g/mol. The third-order valence-corrected chi connectivity index (χ3v) is 7.20. The van der Waals surface area contributed by atoms with E-state index >= 15 is 0 Å². The molecular weight excluding hydrogens is 334 g/mol. The summed E-state index contributed by atoms with van der Waals surface area (Å²) in [7, 11) is 0. The van der Waals surface area contributed by atoms with E-state index in [0.717, 1.165) is 30.6 Å². The highest BCUT2D eigenvalue weighted by Gasteiger charge is 2.20. The van der Waals surface area contributed by atoms with Gasteiger partial charge in [-0.2, -0.15) is 0 Å². The van der Waals surface area contributed by atoms with Crippen molar-refractivity contribution in [2.24, 2.45) is 0 Å². The summed E-state index contributed by atoms with van der Waals surface area (Å²) in [5.41, 5.74) is 3.06. The molecule has 1 amide bonds. The first-order valence-corrected chi connectivity index (χ1v) is 10.6. The molecule has 2 aromatic rings. The fourth-order valence-electron chi connectivity index (χ4n) is 2.76. The van der Waals surface area contributed by atoms with Crippen LogP contribution in [0.25, 0.3) is 0 Å². The van der Waals surface area contributed by atoms with Gasteiger partial charge in [0.25, 0.3) is 5.91 Å². The van der Waals surface area contributed by atoms with E-state index in [2.05, 4.69) is 19.1 Å². The van der Waals surface area contributed by atoms with Crippen LogP contribution in [0.4, 0.5) is 5.69 Å². The van der Waals surface area contributed by atoms with Gasteiger partial charge in [0, 0.05) is 29.3 Å². The van der Waals surface area contributed by atoms with Crippen LogP contribution in [0.3, 0.4) is 0 Å². The Hall–Kier alpha value is -1.39. The lowest BCUT2D eigenvalue weighted by Gasteiger charge is -2.23. The summed E-state index contributed by atoms with van der Waals surface area (Å²) < 4.78 is 0.527. The van der Waals surface area contributed by atoms with Crippen LogP contribution in [0.15, 0.2) is 54.6 Å². The number of hydrogen-bond donors (Lipinski definition) is 0. The van der Waals surface area contributed by atoms with Crippen molar-refractivity contribution in [1.29, 1.82) is 0 Å². The molecule has 1 fully saturated rings. The van der Waals surface area contributed by atoms with Gasteiger partial charge in [-0.3, -0.25) is 4.79 Å². The normalized spacial score (nSPS) is 14.7. The highest BCUT2D eigenvalue weighted by molar-refractivity contribution is 8.19. The number of anilines is 1. The number of nitrogens with zero attached hydrogens (tertiary/aromatic N) is 1. The van der Waals surface area contributed by atoms with E-state index < -0.39 is 0 Å². The van der Waals surface area contributed by atoms with Crippen LogP contribution in [0.5, 0.6) is 0 Å². The molecule has 24 heavy (non-hydrogen) atoms. The molecule has 1 aliphatic rings. The van der Waals surface area contributed by atoms with E-state index in [9.17, 15) is 4.79 Å². The summed E-state index contributed by atoms with van der Waals surface area (Å²) in [5.74, 6) is 2.52. The predicted molar refractivity (Wildman–Crippen MR) is 107 cm³/mol. The van der Waals surface area contributed by atoms with Crippen LogP contribution in [0.2, 0.25) is 0 Å². The number of rotatable bonds is 6. The van der Waals surface area contributed by atoms with Crippen molar-refractivity contribution in [2.45, 2.75) is 24.3 Å². The van der Waals surface area contributed by atoms with Gasteiger partial charge in [0.2, 0.25) is 0 Å². The topological polar surface area (TPSA) is 20.3 Å². The zero-order chi connectivity index (χ0) is 16.8. The van der Waals surface area contributed by atoms with E-state index in [0.29, 0.717) is 4.58 Å². The molecule has 4 heteroatoms. The van der Waals surface area contributed by atoms with Crippen LogP contribution in [0.1, 0.15) is 40.3 Å². The summed E-state index contributed by atoms with van der Waals surface area (Å²) in [6.07, 6.45) is 2.08. The second-order valence-corrected chi connectivity index (χ2v) is 8.57. The molecule has 126 valence electrons. The lowest BCUT2D eigenvalue weighted by molar-refractivity contribution is 0.0986. The van der Waals surface area contributed by atoms with Gasteiger partial charge in [0.1, 0.15) is 0 Å². The molecule has 0 aliphatic carbocycles. The van der Waals surface area contributed by atoms with Gasteiger partial charge < -0.3 is 4.90 Å². The van der Waals surface area contributed by atoms with Crippen LogP contribution in [-0.4, -0.2) is 24.0 Å². The van der Waals surface area contributed by atoms with E-state index in [-0.39, 0.29) is 5.91 Å². The maximum Gasteiger partial charge on any atom is 0.258 e. The molecule has 0 radical (unpaired) electrons. The Morgan fingerprint density at radius 2 is 1.71 bits per heavy atom. The summed E-state index contributed by atoms with van der Waals surface area (Å²) in [6.45, 7) is 2.91. The van der Waals surface area contributed by atoms with Gasteiger partial charge >= 0.3 is 0 Å². The van der Waals surface area contributed by atoms with Crippen molar-refractivity contribution in [2.75, 3.05) is 23.0 Å². The van der Waals surface area contributed by atoms with E-state index in [1.54, 1.807) is 0 Å². The van der Waals surface area contributed by atoms with E-state index in [4.69, 9.17) is 0 Å². The number of thioether (sulfide) groups is 2. The van der Waals surface area contributed by atoms with Gasteiger partial charge in [-0.15, -0.1) is 23.5 Å². The Morgan fingerprint density at radius 3 is 2.33 bits per heavy atom. The highest BCUT2D eigenvalue weighted by atomic mass is 32.2. The number of benzene rings is 2. The minimum absolute atomic E-state index is 0.0907. The Morgan fingerprint density at radius 1 is 1.04 bits per heavy atom. The summed E-state index contributed by atoms with van der Waals surface area (Å²) in [4.78, 5) is 14.9. The quantitative estimate of drug-likeness (QED) is 0.670. The van der Waals surface area contributed by atoms with Gasteiger partial charge in [0.15, 0.2) is 0 Å². The third kappa shape index (κ3) is 4.17. The molecule has 0 saturated carbocycles. The van der Waals surface area contributed by atoms with Gasteiger partial charge in [-0.05, 0) is 36.2 Å². The Bertz CT molecular complexity index is 651. The van der Waals surface area contributed by atoms with Crippen molar-refractivity contribution in [1.82, 2.24) is 0 Å². The predicted octanol–water partition coefficient (Wildman–Crippen LogP) is 5.61. The molecule has 0 bridgehead atoms. The van der Waals surface area contributed by atoms with Crippen LogP contribution >= 0.6 is 23.5 Å². The highest BCUT2D eigenvalue weighted by Crippen LogP contribution is 2.45. The lowest BCUT2D eigenvalue weighted by Crippen LogP contribution is -2.31. The monoisotopic (exact) mass is 357 g/mol. The second kappa shape index (κ2) is 8.63. The molecule has 0 N–H and O–H groups in total. The van der Waals surface area contributed by atoms with Gasteiger partial charge in [-0.25, -0.2) is 0 Å². The molecule has 1 heterocycles. The maximum absolute atomic E-state index is 13.0. The lowest BCUT2D eigenvalue weighted by atomic mass is 10.1. The molecule has 0 unspecified atom stereocenters. The van der Waals surface area contributed by atoms with Crippen molar-refractivity contribution in [3.63, 3.8) is 0 Å². The first-order chi connectivity index (χ1) is 11.8. The zero-order valence-electron chi connectivity index (χ0n) is 14.0. The molecule has 3 rings (SSSR count). The van der Waals surface area contributed by atoms with Crippen molar-refractivity contribution < 1.29 is 4.79 Å². The van der Waals surface area contributed by atoms with Crippen molar-refractivity contribution in [3.8, 4) is 0 Å². The van der Waals surface area contributed by atoms with Gasteiger partial charge in [0.05, 0.1) is 4.58 Å². The van der Waals surface area contributed by atoms with Crippen LogP contribution in [0, 0.1) is 0 Å². The maximum atomic E-state index is 13.0. The number of amides is 1. The second-order valence-electron chi connectivity index (χ2n) is 5.84. The van der Waals surface area contributed by atoms with Crippen molar-refractivity contribution in [3.05, 3.63) is 65.7 Å². The standard InChI is InChI=1S/C20H23NOS2/c1-2-3-13-21(18-7-5-4-6-8-18)19(22)16-9-11-17(12-10-16)20-23-14-15-24-20/h4-12,20H,2-3,13-15H2,1H3. The number of carbonyl (C=O) groups is 1. The van der Waals surface area contributed by atoms with Crippen LogP contribution in [-0.2, 0) is 0 Å². The fourth-order valence-corrected chi connectivity index (χ4v) is 5.62. The molecule has 1 saturated heterocycles. The fraction of sp³-hybridized carbons (Fsp3) is 0.350. The molecule has 0 atom stereocenters. The van der Waals surface area contributed by atoms with Crippen molar-refractivity contribution >= 4 is 35.1 Å². The molecule has 1 aliphatic heterocycles. The summed E-state index contributed by atoms with van der Waals surface area (Å²) in [5, 5.41) is 0. The molecule has 2 nitrogen and oxygen atoms in total. The minimum atomic E-state index is 0.0907. The zero-order valence-corrected chi connectivity index (χ0v) is 15.6. The minimum Gasteiger partial charge on any atom is -0.308 e. The molecule has 0 spiro atoms. The Balaban J connectivity index is 1.78. The molecule has 2 aromatic carbocycles. The molecular formula is C20H23NOS2. The molecule has 0 aromatic heterocycles. The first-order valence-electron chi connectivity index (χ1n) is 8.49.